The highest BCUT2D eigenvalue weighted by Gasteiger charge is 2.66. The number of ether oxygens (including phenoxy) is 1. The van der Waals surface area contributed by atoms with Crippen LogP contribution in [-0.2, 0) is 14.3 Å². The maximum absolute atomic E-state index is 11.4. The molecule has 0 aliphatic heterocycles. The molecule has 2 rings (SSSR count). The lowest BCUT2D eigenvalue weighted by Crippen LogP contribution is -2.50. The summed E-state index contributed by atoms with van der Waals surface area (Å²) in [4.78, 5) is 22.8. The SMILES string of the molecule is COC(=O)C1(C(C)=O)CC2(CC2)C1. The molecule has 2 aliphatic rings. The van der Waals surface area contributed by atoms with Gasteiger partial charge in [-0.3, -0.25) is 9.59 Å². The van der Waals surface area contributed by atoms with Gasteiger partial charge in [0.15, 0.2) is 0 Å². The van der Waals surface area contributed by atoms with Crippen molar-refractivity contribution >= 4 is 11.8 Å². The Hall–Kier alpha value is -0.860. The second kappa shape index (κ2) is 2.34. The fourth-order valence-electron chi connectivity index (χ4n) is 2.49. The third kappa shape index (κ3) is 1.02. The highest BCUT2D eigenvalue weighted by atomic mass is 16.5. The van der Waals surface area contributed by atoms with Crippen LogP contribution >= 0.6 is 0 Å². The van der Waals surface area contributed by atoms with E-state index in [9.17, 15) is 9.59 Å². The van der Waals surface area contributed by atoms with Gasteiger partial charge in [0, 0.05) is 0 Å². The summed E-state index contributed by atoms with van der Waals surface area (Å²) in [5, 5.41) is 0. The van der Waals surface area contributed by atoms with Crippen LogP contribution in [-0.4, -0.2) is 18.9 Å². The Labute approximate surface area is 77.4 Å². The molecule has 0 bridgehead atoms. The van der Waals surface area contributed by atoms with Crippen LogP contribution in [0.15, 0.2) is 0 Å². The zero-order chi connectivity index (χ0) is 9.69. The fraction of sp³-hybridized carbons (Fsp3) is 0.800. The van der Waals surface area contributed by atoms with Crippen LogP contribution in [0.4, 0.5) is 0 Å². The van der Waals surface area contributed by atoms with Crippen molar-refractivity contribution < 1.29 is 14.3 Å². The number of Topliss-reactive ketones (excluding diaryl/α,β-unsaturated/α-hetero) is 1. The Morgan fingerprint density at radius 3 is 2.08 bits per heavy atom. The molecule has 0 atom stereocenters. The summed E-state index contributed by atoms with van der Waals surface area (Å²) >= 11 is 0. The molecule has 0 radical (unpaired) electrons. The van der Waals surface area contributed by atoms with Crippen molar-refractivity contribution in [2.45, 2.75) is 32.6 Å². The Morgan fingerprint density at radius 1 is 1.23 bits per heavy atom. The largest absolute Gasteiger partial charge is 0.468 e. The summed E-state index contributed by atoms with van der Waals surface area (Å²) in [5.41, 5.74) is -0.425. The molecule has 13 heavy (non-hydrogen) atoms. The van der Waals surface area contributed by atoms with Crippen molar-refractivity contribution in [2.75, 3.05) is 7.11 Å². The summed E-state index contributed by atoms with van der Waals surface area (Å²) in [6, 6.07) is 0. The number of rotatable bonds is 2. The lowest BCUT2D eigenvalue weighted by Gasteiger charge is -2.44. The van der Waals surface area contributed by atoms with Gasteiger partial charge >= 0.3 is 5.97 Å². The van der Waals surface area contributed by atoms with Crippen LogP contribution in [0, 0.1) is 10.8 Å². The number of ketones is 1. The topological polar surface area (TPSA) is 43.4 Å². The van der Waals surface area contributed by atoms with Crippen molar-refractivity contribution in [3.8, 4) is 0 Å². The van der Waals surface area contributed by atoms with Gasteiger partial charge in [-0.05, 0) is 38.0 Å². The molecule has 3 nitrogen and oxygen atoms in total. The first-order chi connectivity index (χ1) is 6.05. The summed E-state index contributed by atoms with van der Waals surface area (Å²) in [6.07, 6.45) is 3.81. The van der Waals surface area contributed by atoms with Crippen molar-refractivity contribution in [3.05, 3.63) is 0 Å². The van der Waals surface area contributed by atoms with Gasteiger partial charge in [0.25, 0.3) is 0 Å². The van der Waals surface area contributed by atoms with Gasteiger partial charge in [-0.25, -0.2) is 0 Å². The molecule has 0 N–H and O–H groups in total. The average molecular weight is 182 g/mol. The van der Waals surface area contributed by atoms with E-state index >= 15 is 0 Å². The van der Waals surface area contributed by atoms with E-state index in [2.05, 4.69) is 4.74 Å². The van der Waals surface area contributed by atoms with Crippen LogP contribution < -0.4 is 0 Å². The summed E-state index contributed by atoms with van der Waals surface area (Å²) in [6.45, 7) is 1.49. The number of hydrogen-bond acceptors (Lipinski definition) is 3. The molecular formula is C10H14O3. The minimum absolute atomic E-state index is 0.0307. The van der Waals surface area contributed by atoms with Gasteiger partial charge in [-0.1, -0.05) is 0 Å². The predicted octanol–water partition coefficient (Wildman–Crippen LogP) is 1.31. The van der Waals surface area contributed by atoms with Crippen LogP contribution in [0.1, 0.15) is 32.6 Å². The van der Waals surface area contributed by atoms with E-state index in [1.54, 1.807) is 0 Å². The van der Waals surface area contributed by atoms with E-state index in [0.29, 0.717) is 5.41 Å². The second-order valence-electron chi connectivity index (χ2n) is 4.48. The van der Waals surface area contributed by atoms with Crippen LogP contribution in [0.3, 0.4) is 0 Å². The van der Waals surface area contributed by atoms with E-state index in [1.165, 1.54) is 26.9 Å². The first-order valence-corrected chi connectivity index (χ1v) is 4.64. The molecule has 2 fully saturated rings. The first kappa shape index (κ1) is 8.73. The molecule has 2 aliphatic carbocycles. The zero-order valence-corrected chi connectivity index (χ0v) is 8.05. The number of carbonyl (C=O) groups excluding carboxylic acids is 2. The minimum atomic E-state index is -0.773. The molecule has 0 aromatic rings. The Bertz CT molecular complexity index is 268. The molecule has 2 saturated carbocycles. The first-order valence-electron chi connectivity index (χ1n) is 4.64. The Balaban J connectivity index is 2.15. The van der Waals surface area contributed by atoms with Crippen molar-refractivity contribution in [2.24, 2.45) is 10.8 Å². The number of methoxy groups -OCH3 is 1. The van der Waals surface area contributed by atoms with Crippen LogP contribution in [0.25, 0.3) is 0 Å². The molecule has 0 aromatic heterocycles. The lowest BCUT2D eigenvalue weighted by atomic mass is 9.57. The maximum Gasteiger partial charge on any atom is 0.319 e. The third-order valence-electron chi connectivity index (χ3n) is 3.56. The van der Waals surface area contributed by atoms with Gasteiger partial charge < -0.3 is 4.74 Å². The Morgan fingerprint density at radius 2 is 1.77 bits per heavy atom. The van der Waals surface area contributed by atoms with E-state index in [4.69, 9.17) is 0 Å². The number of hydrogen-bond donors (Lipinski definition) is 0. The van der Waals surface area contributed by atoms with Gasteiger partial charge in [0.1, 0.15) is 11.2 Å². The van der Waals surface area contributed by atoms with Crippen LogP contribution in [0.5, 0.6) is 0 Å². The number of esters is 1. The predicted molar refractivity (Wildman–Crippen MR) is 46.0 cm³/mol. The molecule has 0 heterocycles. The van der Waals surface area contributed by atoms with Crippen molar-refractivity contribution in [1.82, 2.24) is 0 Å². The van der Waals surface area contributed by atoms with Gasteiger partial charge in [-0.15, -0.1) is 0 Å². The smallest absolute Gasteiger partial charge is 0.319 e. The highest BCUT2D eigenvalue weighted by Crippen LogP contribution is 2.69. The van der Waals surface area contributed by atoms with E-state index in [-0.39, 0.29) is 11.8 Å². The summed E-state index contributed by atoms with van der Waals surface area (Å²) in [7, 11) is 1.35. The normalized spacial score (nSPS) is 26.3. The maximum atomic E-state index is 11.4. The third-order valence-corrected chi connectivity index (χ3v) is 3.56. The van der Waals surface area contributed by atoms with Crippen molar-refractivity contribution in [3.63, 3.8) is 0 Å². The van der Waals surface area contributed by atoms with Gasteiger partial charge in [0.2, 0.25) is 0 Å². The molecule has 3 heteroatoms. The van der Waals surface area contributed by atoms with Gasteiger partial charge in [0.05, 0.1) is 7.11 Å². The lowest BCUT2D eigenvalue weighted by molar-refractivity contribution is -0.168. The van der Waals surface area contributed by atoms with Gasteiger partial charge in [-0.2, -0.15) is 0 Å². The minimum Gasteiger partial charge on any atom is -0.468 e. The highest BCUT2D eigenvalue weighted by molar-refractivity contribution is 6.04. The Kier molecular flexibility index (Phi) is 1.57. The van der Waals surface area contributed by atoms with E-state index < -0.39 is 5.41 Å². The zero-order valence-electron chi connectivity index (χ0n) is 8.05. The van der Waals surface area contributed by atoms with Crippen LogP contribution in [0.2, 0.25) is 0 Å². The molecule has 0 saturated heterocycles. The quantitative estimate of drug-likeness (QED) is 0.477. The standard InChI is InChI=1S/C10H14O3/c1-7(11)10(8(12)13-2)5-9(6-10)3-4-9/h3-6H2,1-2H3. The molecule has 0 amide bonds. The molecule has 0 unspecified atom stereocenters. The average Bonchev–Trinajstić information content (AvgIpc) is 2.78. The second-order valence-corrected chi connectivity index (χ2v) is 4.48. The van der Waals surface area contributed by atoms with E-state index in [1.807, 2.05) is 0 Å². The summed E-state index contributed by atoms with van der Waals surface area (Å²) < 4.78 is 4.68. The number of carbonyl (C=O) groups is 2. The summed E-state index contributed by atoms with van der Waals surface area (Å²) in [5.74, 6) is -0.366. The van der Waals surface area contributed by atoms with E-state index in [0.717, 1.165) is 12.8 Å². The molecule has 0 aromatic carbocycles. The molecule has 72 valence electrons. The molecular weight excluding hydrogens is 168 g/mol. The molecule has 1 spiro atoms. The fourth-order valence-corrected chi connectivity index (χ4v) is 2.49. The monoisotopic (exact) mass is 182 g/mol. The van der Waals surface area contributed by atoms with Crippen molar-refractivity contribution in [1.29, 1.82) is 0 Å².